The van der Waals surface area contributed by atoms with Gasteiger partial charge in [0.1, 0.15) is 10.7 Å². The van der Waals surface area contributed by atoms with E-state index in [1.54, 1.807) is 11.3 Å². The van der Waals surface area contributed by atoms with E-state index in [0.29, 0.717) is 11.7 Å². The summed E-state index contributed by atoms with van der Waals surface area (Å²) < 4.78 is 0. The van der Waals surface area contributed by atoms with Crippen molar-refractivity contribution in [3.05, 3.63) is 75.7 Å². The Morgan fingerprint density at radius 3 is 2.52 bits per heavy atom. The van der Waals surface area contributed by atoms with E-state index in [4.69, 9.17) is 5.73 Å². The molecule has 1 saturated heterocycles. The van der Waals surface area contributed by atoms with Crippen LogP contribution in [-0.4, -0.2) is 17.4 Å². The Kier molecular flexibility index (Phi) is 5.18. The number of amides is 1. The van der Waals surface area contributed by atoms with E-state index in [1.165, 1.54) is 11.1 Å². The zero-order valence-electron chi connectivity index (χ0n) is 14.9. The van der Waals surface area contributed by atoms with Crippen LogP contribution in [0.5, 0.6) is 0 Å². The number of carbonyl (C=O) groups excluding carboxylic acids is 1. The van der Waals surface area contributed by atoms with Gasteiger partial charge in [0, 0.05) is 16.8 Å². The molecule has 0 spiro atoms. The maximum absolute atomic E-state index is 12.5. The highest BCUT2D eigenvalue weighted by molar-refractivity contribution is 7.09. The minimum atomic E-state index is -0.165. The lowest BCUT2D eigenvalue weighted by molar-refractivity contribution is 0.102. The van der Waals surface area contributed by atoms with E-state index in [2.05, 4.69) is 15.6 Å². The number of rotatable bonds is 5. The molecule has 1 unspecified atom stereocenters. The smallest absolute Gasteiger partial charge is 0.275 e. The molecular formula is C21H22N4OS. The summed E-state index contributed by atoms with van der Waals surface area (Å²) in [6.07, 6.45) is 3.08. The first kappa shape index (κ1) is 17.7. The van der Waals surface area contributed by atoms with Crippen LogP contribution in [0.3, 0.4) is 0 Å². The molecule has 0 aliphatic carbocycles. The van der Waals surface area contributed by atoms with Crippen LogP contribution in [-0.2, 0) is 6.42 Å². The maximum Gasteiger partial charge on any atom is 0.275 e. The van der Waals surface area contributed by atoms with E-state index < -0.39 is 0 Å². The number of nitrogens with zero attached hydrogens (tertiary/aromatic N) is 1. The molecule has 27 heavy (non-hydrogen) atoms. The summed E-state index contributed by atoms with van der Waals surface area (Å²) in [6, 6.07) is 16.1. The molecule has 1 fully saturated rings. The number of thiazole rings is 1. The van der Waals surface area contributed by atoms with Crippen LogP contribution in [0.25, 0.3) is 0 Å². The molecule has 3 aromatic rings. The Bertz CT molecular complexity index is 912. The molecule has 1 aromatic heterocycles. The summed E-state index contributed by atoms with van der Waals surface area (Å²) in [5.74, 6) is -0.165. The minimum absolute atomic E-state index is 0.165. The molecule has 0 saturated carbocycles. The molecule has 1 aliphatic heterocycles. The van der Waals surface area contributed by atoms with Crippen LogP contribution in [0.2, 0.25) is 0 Å². The van der Waals surface area contributed by atoms with Gasteiger partial charge in [-0.15, -0.1) is 11.3 Å². The van der Waals surface area contributed by atoms with Crippen LogP contribution in [0.15, 0.2) is 53.9 Å². The third-order valence-corrected chi connectivity index (χ3v) is 5.67. The van der Waals surface area contributed by atoms with Crippen LogP contribution < -0.4 is 16.4 Å². The second-order valence-electron chi connectivity index (χ2n) is 6.79. The van der Waals surface area contributed by atoms with Crippen molar-refractivity contribution in [1.82, 2.24) is 10.3 Å². The first-order chi connectivity index (χ1) is 13.2. The number of aromatic nitrogens is 1. The van der Waals surface area contributed by atoms with E-state index in [-0.39, 0.29) is 5.91 Å². The molecule has 0 bridgehead atoms. The SMILES string of the molecule is Nc1ccc(Cc2ccc(NC(=O)c3csc(C4CCCN4)n3)cc2)cc1. The highest BCUT2D eigenvalue weighted by Gasteiger charge is 2.21. The van der Waals surface area contributed by atoms with Crippen molar-refractivity contribution in [1.29, 1.82) is 0 Å². The number of anilines is 2. The predicted octanol–water partition coefficient (Wildman–Crippen LogP) is 3.99. The van der Waals surface area contributed by atoms with Gasteiger partial charge in [-0.25, -0.2) is 4.98 Å². The van der Waals surface area contributed by atoms with Crippen LogP contribution in [0.4, 0.5) is 11.4 Å². The highest BCUT2D eigenvalue weighted by atomic mass is 32.1. The number of carbonyl (C=O) groups is 1. The largest absolute Gasteiger partial charge is 0.399 e. The first-order valence-electron chi connectivity index (χ1n) is 9.11. The molecule has 2 heterocycles. The summed E-state index contributed by atoms with van der Waals surface area (Å²) in [6.45, 7) is 1.02. The number of hydrogen-bond acceptors (Lipinski definition) is 5. The second kappa shape index (κ2) is 7.90. The summed E-state index contributed by atoms with van der Waals surface area (Å²) in [5, 5.41) is 9.17. The van der Waals surface area contributed by atoms with Crippen molar-refractivity contribution >= 4 is 28.6 Å². The van der Waals surface area contributed by atoms with Gasteiger partial charge >= 0.3 is 0 Å². The predicted molar refractivity (Wildman–Crippen MR) is 110 cm³/mol. The second-order valence-corrected chi connectivity index (χ2v) is 7.68. The quantitative estimate of drug-likeness (QED) is 0.587. The van der Waals surface area contributed by atoms with Crippen LogP contribution in [0.1, 0.15) is 45.5 Å². The van der Waals surface area contributed by atoms with Crippen molar-refractivity contribution in [3.8, 4) is 0 Å². The van der Waals surface area contributed by atoms with Crippen LogP contribution >= 0.6 is 11.3 Å². The normalized spacial score (nSPS) is 16.4. The molecule has 1 aliphatic rings. The Morgan fingerprint density at radius 1 is 1.15 bits per heavy atom. The zero-order valence-corrected chi connectivity index (χ0v) is 15.8. The van der Waals surface area contributed by atoms with Gasteiger partial charge in [-0.3, -0.25) is 4.79 Å². The number of nitrogens with two attached hydrogens (primary N) is 1. The molecule has 2 aromatic carbocycles. The summed E-state index contributed by atoms with van der Waals surface area (Å²) in [7, 11) is 0. The molecule has 0 radical (unpaired) electrons. The van der Waals surface area contributed by atoms with E-state index in [1.807, 2.05) is 53.9 Å². The standard InChI is InChI=1S/C21H22N4OS/c22-16-7-3-14(4-8-16)12-15-5-9-17(10-6-15)24-20(26)19-13-27-21(25-19)18-2-1-11-23-18/h3-10,13,18,23H,1-2,11-12,22H2,(H,24,26). The van der Waals surface area contributed by atoms with Gasteiger partial charge in [0.15, 0.2) is 0 Å². The van der Waals surface area contributed by atoms with Gasteiger partial charge in [-0.05, 0) is 61.2 Å². The summed E-state index contributed by atoms with van der Waals surface area (Å²) >= 11 is 1.55. The van der Waals surface area contributed by atoms with Crippen molar-refractivity contribution in [2.24, 2.45) is 0 Å². The van der Waals surface area contributed by atoms with E-state index in [0.717, 1.165) is 42.2 Å². The summed E-state index contributed by atoms with van der Waals surface area (Å²) in [4.78, 5) is 17.0. The van der Waals surface area contributed by atoms with Gasteiger partial charge in [0.2, 0.25) is 0 Å². The molecule has 1 atom stereocenters. The Hall–Kier alpha value is -2.70. The fourth-order valence-electron chi connectivity index (χ4n) is 3.22. The van der Waals surface area contributed by atoms with Crippen LogP contribution in [0, 0.1) is 0 Å². The number of nitrogens with one attached hydrogen (secondary N) is 2. The van der Waals surface area contributed by atoms with Crippen molar-refractivity contribution in [3.63, 3.8) is 0 Å². The van der Waals surface area contributed by atoms with Gasteiger partial charge in [-0.1, -0.05) is 24.3 Å². The van der Waals surface area contributed by atoms with Gasteiger partial charge < -0.3 is 16.4 Å². The average molecular weight is 379 g/mol. The number of benzene rings is 2. The molecular weight excluding hydrogens is 356 g/mol. The lowest BCUT2D eigenvalue weighted by Crippen LogP contribution is -2.15. The third-order valence-electron chi connectivity index (χ3n) is 4.71. The van der Waals surface area contributed by atoms with E-state index in [9.17, 15) is 4.79 Å². The fraction of sp³-hybridized carbons (Fsp3) is 0.238. The Labute approximate surface area is 162 Å². The minimum Gasteiger partial charge on any atom is -0.399 e. The highest BCUT2D eigenvalue weighted by Crippen LogP contribution is 2.26. The van der Waals surface area contributed by atoms with E-state index >= 15 is 0 Å². The van der Waals surface area contributed by atoms with Crippen molar-refractivity contribution in [2.45, 2.75) is 25.3 Å². The molecule has 1 amide bonds. The Morgan fingerprint density at radius 2 is 1.85 bits per heavy atom. The molecule has 138 valence electrons. The third kappa shape index (κ3) is 4.35. The van der Waals surface area contributed by atoms with Gasteiger partial charge in [-0.2, -0.15) is 0 Å². The van der Waals surface area contributed by atoms with Crippen molar-refractivity contribution in [2.75, 3.05) is 17.6 Å². The molecule has 4 N–H and O–H groups in total. The Balaban J connectivity index is 1.37. The molecule has 4 rings (SSSR count). The molecule has 5 nitrogen and oxygen atoms in total. The number of hydrogen-bond donors (Lipinski definition) is 3. The zero-order chi connectivity index (χ0) is 18.6. The summed E-state index contributed by atoms with van der Waals surface area (Å²) in [5.41, 5.74) is 10.1. The molecule has 6 heteroatoms. The fourth-order valence-corrected chi connectivity index (χ4v) is 4.13. The lowest BCUT2D eigenvalue weighted by atomic mass is 10.0. The average Bonchev–Trinajstić information content (AvgIpc) is 3.36. The topological polar surface area (TPSA) is 80.0 Å². The monoisotopic (exact) mass is 378 g/mol. The van der Waals surface area contributed by atoms with Gasteiger partial charge in [0.05, 0.1) is 6.04 Å². The maximum atomic E-state index is 12.5. The lowest BCUT2D eigenvalue weighted by Gasteiger charge is -2.07. The van der Waals surface area contributed by atoms with Gasteiger partial charge in [0.25, 0.3) is 5.91 Å². The first-order valence-corrected chi connectivity index (χ1v) is 9.99. The van der Waals surface area contributed by atoms with Crippen molar-refractivity contribution < 1.29 is 4.79 Å². The number of nitrogen functional groups attached to an aromatic ring is 1.